The number of urea groups is 1. The molecule has 5 fully saturated rings. The topological polar surface area (TPSA) is 73.5 Å². The Balaban J connectivity index is 1.14. The van der Waals surface area contributed by atoms with Crippen LogP contribution in [0.15, 0.2) is 24.3 Å². The number of amides is 3. The Kier molecular flexibility index (Phi) is 3.50. The first-order valence-electron chi connectivity index (χ1n) is 10.8. The lowest BCUT2D eigenvalue weighted by Gasteiger charge is -2.56. The van der Waals surface area contributed by atoms with Crippen LogP contribution in [0.3, 0.4) is 0 Å². The van der Waals surface area contributed by atoms with Crippen molar-refractivity contribution in [3.63, 3.8) is 0 Å². The molecule has 6 heteroatoms. The highest BCUT2D eigenvalue weighted by Gasteiger charge is 2.52. The number of benzene rings is 1. The molecule has 148 valence electrons. The van der Waals surface area contributed by atoms with Gasteiger partial charge in [0.05, 0.1) is 17.4 Å². The maximum absolute atomic E-state index is 12.9. The fourth-order valence-electron chi connectivity index (χ4n) is 7.23. The zero-order valence-electron chi connectivity index (χ0n) is 16.1. The summed E-state index contributed by atoms with van der Waals surface area (Å²) in [5, 5.41) is 9.58. The van der Waals surface area contributed by atoms with Gasteiger partial charge in [-0.15, -0.1) is 0 Å². The molecule has 3 amide bonds. The van der Waals surface area contributed by atoms with Crippen molar-refractivity contribution < 1.29 is 9.59 Å². The maximum Gasteiger partial charge on any atom is 0.315 e. The minimum atomic E-state index is -0.195. The molecule has 2 unspecified atom stereocenters. The van der Waals surface area contributed by atoms with E-state index in [0.29, 0.717) is 13.0 Å². The largest absolute Gasteiger partial charge is 0.356 e. The highest BCUT2D eigenvalue weighted by atomic mass is 16.2. The molecular weight excluding hydrogens is 352 g/mol. The van der Waals surface area contributed by atoms with E-state index in [4.69, 9.17) is 0 Å². The summed E-state index contributed by atoms with van der Waals surface area (Å²) in [6.45, 7) is 0.684. The molecule has 1 aromatic carbocycles. The van der Waals surface area contributed by atoms with E-state index in [0.717, 1.165) is 48.4 Å². The van der Waals surface area contributed by atoms with Crippen molar-refractivity contribution >= 4 is 23.3 Å². The molecule has 6 aliphatic rings. The van der Waals surface area contributed by atoms with Crippen molar-refractivity contribution in [2.75, 3.05) is 16.8 Å². The Bertz CT molecular complexity index is 802. The first kappa shape index (κ1) is 16.7. The van der Waals surface area contributed by atoms with E-state index in [-0.39, 0.29) is 29.6 Å². The summed E-state index contributed by atoms with van der Waals surface area (Å²) in [7, 11) is 0. The maximum atomic E-state index is 12.9. The Morgan fingerprint density at radius 1 is 1.04 bits per heavy atom. The second kappa shape index (κ2) is 5.88. The first-order valence-corrected chi connectivity index (χ1v) is 10.8. The molecule has 28 heavy (non-hydrogen) atoms. The van der Waals surface area contributed by atoms with Gasteiger partial charge < -0.3 is 20.9 Å². The quantitative estimate of drug-likeness (QED) is 0.739. The number of nitrogens with zero attached hydrogens (tertiary/aromatic N) is 1. The zero-order chi connectivity index (χ0) is 18.9. The van der Waals surface area contributed by atoms with Crippen LogP contribution in [0.5, 0.6) is 0 Å². The molecular formula is C22H28N4O2. The van der Waals surface area contributed by atoms with Gasteiger partial charge in [-0.3, -0.25) is 4.79 Å². The third-order valence-corrected chi connectivity index (χ3v) is 7.83. The van der Waals surface area contributed by atoms with E-state index in [9.17, 15) is 9.59 Å². The van der Waals surface area contributed by atoms with Crippen molar-refractivity contribution in [2.24, 2.45) is 17.8 Å². The summed E-state index contributed by atoms with van der Waals surface area (Å²) in [6.07, 6.45) is 8.24. The molecule has 3 N–H and O–H groups in total. The molecule has 0 aromatic heterocycles. The molecule has 4 saturated carbocycles. The van der Waals surface area contributed by atoms with Gasteiger partial charge in [0.2, 0.25) is 5.91 Å². The zero-order valence-corrected chi connectivity index (χ0v) is 16.1. The van der Waals surface area contributed by atoms with Crippen LogP contribution in [0.2, 0.25) is 0 Å². The summed E-state index contributed by atoms with van der Waals surface area (Å²) >= 11 is 0. The fraction of sp³-hybridized carbons (Fsp3) is 0.636. The van der Waals surface area contributed by atoms with Gasteiger partial charge in [0, 0.05) is 12.1 Å². The average Bonchev–Trinajstić information content (AvgIpc) is 3.04. The van der Waals surface area contributed by atoms with E-state index in [1.54, 1.807) is 0 Å². The standard InChI is InChI=1S/C22H28N4O2/c27-20-19-8-16(12-26(19)18-4-2-1-3-17(18)24-20)23-21(28)25-22-9-13-5-14(10-22)7-15(6-13)11-22/h1-4,13-16,19H,5-12H2,(H,24,27)(H2,23,25,28). The number of hydrogen-bond donors (Lipinski definition) is 3. The van der Waals surface area contributed by atoms with Crippen LogP contribution in [-0.4, -0.2) is 36.1 Å². The molecule has 2 atom stereocenters. The molecule has 1 aromatic rings. The van der Waals surface area contributed by atoms with E-state index < -0.39 is 0 Å². The number of hydrogen-bond acceptors (Lipinski definition) is 3. The molecule has 4 aliphatic carbocycles. The lowest BCUT2D eigenvalue weighted by Crippen LogP contribution is -2.62. The van der Waals surface area contributed by atoms with E-state index in [1.807, 2.05) is 24.3 Å². The number of carbonyl (C=O) groups is 2. The SMILES string of the molecule is O=C(NC1CC2C(=O)Nc3ccccc3N2C1)NC12CC3CC(CC(C3)C1)C2. The van der Waals surface area contributed by atoms with Gasteiger partial charge in [0.15, 0.2) is 0 Å². The van der Waals surface area contributed by atoms with Gasteiger partial charge in [0.25, 0.3) is 0 Å². The van der Waals surface area contributed by atoms with Gasteiger partial charge >= 0.3 is 6.03 Å². The Labute approximate surface area is 165 Å². The van der Waals surface area contributed by atoms with Crippen LogP contribution in [-0.2, 0) is 4.79 Å². The van der Waals surface area contributed by atoms with Gasteiger partial charge in [-0.25, -0.2) is 4.79 Å². The normalized spacial score (nSPS) is 39.9. The van der Waals surface area contributed by atoms with E-state index in [2.05, 4.69) is 20.9 Å². The number of para-hydroxylation sites is 2. The molecule has 6 nitrogen and oxygen atoms in total. The average molecular weight is 380 g/mol. The number of fused-ring (bicyclic) bond motifs is 3. The summed E-state index contributed by atoms with van der Waals surface area (Å²) in [6, 6.07) is 7.66. The van der Waals surface area contributed by atoms with E-state index >= 15 is 0 Å². The number of anilines is 2. The molecule has 2 heterocycles. The van der Waals surface area contributed by atoms with Gasteiger partial charge in [-0.05, 0) is 74.8 Å². The Morgan fingerprint density at radius 2 is 1.71 bits per heavy atom. The highest BCUT2D eigenvalue weighted by Crippen LogP contribution is 2.55. The highest BCUT2D eigenvalue weighted by molar-refractivity contribution is 6.04. The summed E-state index contributed by atoms with van der Waals surface area (Å²) in [5.74, 6) is 2.47. The molecule has 1 saturated heterocycles. The summed E-state index contributed by atoms with van der Waals surface area (Å²) in [5.41, 5.74) is 1.94. The second-order valence-corrected chi connectivity index (χ2v) is 9.90. The minimum absolute atomic E-state index is 0.00387. The fourth-order valence-corrected chi connectivity index (χ4v) is 7.23. The predicted molar refractivity (Wildman–Crippen MR) is 107 cm³/mol. The molecule has 0 radical (unpaired) electrons. The number of carbonyl (C=O) groups excluding carboxylic acids is 2. The Hall–Kier alpha value is -2.24. The van der Waals surface area contributed by atoms with Crippen LogP contribution < -0.4 is 20.9 Å². The van der Waals surface area contributed by atoms with Crippen LogP contribution in [0, 0.1) is 17.8 Å². The smallest absolute Gasteiger partial charge is 0.315 e. The Morgan fingerprint density at radius 3 is 2.43 bits per heavy atom. The van der Waals surface area contributed by atoms with Gasteiger partial charge in [-0.1, -0.05) is 12.1 Å². The van der Waals surface area contributed by atoms with Crippen molar-refractivity contribution in [3.8, 4) is 0 Å². The van der Waals surface area contributed by atoms with Crippen LogP contribution in [0.25, 0.3) is 0 Å². The number of nitrogens with one attached hydrogen (secondary N) is 3. The lowest BCUT2D eigenvalue weighted by atomic mass is 9.53. The lowest BCUT2D eigenvalue weighted by molar-refractivity contribution is -0.117. The second-order valence-electron chi connectivity index (χ2n) is 9.90. The van der Waals surface area contributed by atoms with Crippen LogP contribution in [0.4, 0.5) is 16.2 Å². The van der Waals surface area contributed by atoms with Crippen LogP contribution in [0.1, 0.15) is 44.9 Å². The molecule has 0 spiro atoms. The van der Waals surface area contributed by atoms with Crippen molar-refractivity contribution in [1.29, 1.82) is 0 Å². The molecule has 7 rings (SSSR count). The molecule has 4 bridgehead atoms. The third kappa shape index (κ3) is 2.60. The minimum Gasteiger partial charge on any atom is -0.356 e. The van der Waals surface area contributed by atoms with Crippen molar-refractivity contribution in [1.82, 2.24) is 10.6 Å². The monoisotopic (exact) mass is 380 g/mol. The predicted octanol–water partition coefficient (Wildman–Crippen LogP) is 2.85. The summed E-state index contributed by atoms with van der Waals surface area (Å²) in [4.78, 5) is 27.5. The number of rotatable bonds is 2. The molecule has 2 aliphatic heterocycles. The summed E-state index contributed by atoms with van der Waals surface area (Å²) < 4.78 is 0. The third-order valence-electron chi connectivity index (χ3n) is 7.83. The van der Waals surface area contributed by atoms with Crippen LogP contribution >= 0.6 is 0 Å². The van der Waals surface area contributed by atoms with Gasteiger partial charge in [0.1, 0.15) is 6.04 Å². The van der Waals surface area contributed by atoms with Gasteiger partial charge in [-0.2, -0.15) is 0 Å². The first-order chi connectivity index (χ1) is 13.6. The van der Waals surface area contributed by atoms with E-state index in [1.165, 1.54) is 19.3 Å². The van der Waals surface area contributed by atoms with Crippen molar-refractivity contribution in [3.05, 3.63) is 24.3 Å². The van der Waals surface area contributed by atoms with Crippen molar-refractivity contribution in [2.45, 2.75) is 62.6 Å².